The van der Waals surface area contributed by atoms with E-state index in [1.165, 1.54) is 49.7 Å². The maximum atomic E-state index is 12.4. The molecule has 8 nitrogen and oxygen atoms in total. The second-order valence-corrected chi connectivity index (χ2v) is 8.76. The highest BCUT2D eigenvalue weighted by atomic mass is 35.5. The SMILES string of the molecule is COc1cc(/C=N/NC(=O)OC(C)(C)C)ccc1OS(=O)(=O)c1ccc(Cl)cc1. The van der Waals surface area contributed by atoms with Crippen LogP contribution in [0.5, 0.6) is 11.5 Å². The van der Waals surface area contributed by atoms with Gasteiger partial charge in [-0.2, -0.15) is 13.5 Å². The number of nitrogens with zero attached hydrogens (tertiary/aromatic N) is 1. The molecule has 0 aliphatic heterocycles. The van der Waals surface area contributed by atoms with Crippen LogP contribution in [-0.2, 0) is 14.9 Å². The molecule has 0 fully saturated rings. The van der Waals surface area contributed by atoms with Gasteiger partial charge >= 0.3 is 16.2 Å². The fraction of sp³-hybridized carbons (Fsp3) is 0.263. The van der Waals surface area contributed by atoms with E-state index < -0.39 is 21.8 Å². The van der Waals surface area contributed by atoms with Gasteiger partial charge < -0.3 is 13.7 Å². The smallest absolute Gasteiger partial charge is 0.428 e. The van der Waals surface area contributed by atoms with Gasteiger partial charge in [0.1, 0.15) is 10.5 Å². The maximum absolute atomic E-state index is 12.4. The van der Waals surface area contributed by atoms with Crippen LogP contribution in [0.15, 0.2) is 52.5 Å². The second-order valence-electron chi connectivity index (χ2n) is 6.77. The number of ether oxygens (including phenoxy) is 2. The van der Waals surface area contributed by atoms with Crippen LogP contribution in [0, 0.1) is 0 Å². The molecule has 2 rings (SSSR count). The lowest BCUT2D eigenvalue weighted by Gasteiger charge is -2.18. The molecule has 0 atom stereocenters. The summed E-state index contributed by atoms with van der Waals surface area (Å²) >= 11 is 5.78. The number of hydrogen-bond acceptors (Lipinski definition) is 7. The first kappa shape index (κ1) is 22.5. The van der Waals surface area contributed by atoms with Crippen LogP contribution in [-0.4, -0.2) is 33.4 Å². The van der Waals surface area contributed by atoms with E-state index in [1.807, 2.05) is 0 Å². The average molecular weight is 441 g/mol. The molecular weight excluding hydrogens is 420 g/mol. The third-order valence-corrected chi connectivity index (χ3v) is 4.76. The van der Waals surface area contributed by atoms with Gasteiger partial charge in [0.05, 0.1) is 13.3 Å². The van der Waals surface area contributed by atoms with Crippen LogP contribution in [0.1, 0.15) is 26.3 Å². The third kappa shape index (κ3) is 6.95. The van der Waals surface area contributed by atoms with E-state index in [4.69, 9.17) is 25.3 Å². The van der Waals surface area contributed by atoms with Crippen molar-refractivity contribution in [3.63, 3.8) is 0 Å². The summed E-state index contributed by atoms with van der Waals surface area (Å²) in [5, 5.41) is 4.19. The van der Waals surface area contributed by atoms with Crippen molar-refractivity contribution in [2.24, 2.45) is 5.10 Å². The number of halogens is 1. The lowest BCUT2D eigenvalue weighted by Crippen LogP contribution is -2.29. The van der Waals surface area contributed by atoms with Gasteiger partial charge in [0.2, 0.25) is 0 Å². The minimum atomic E-state index is -4.07. The minimum Gasteiger partial charge on any atom is -0.493 e. The minimum absolute atomic E-state index is 0.000276. The van der Waals surface area contributed by atoms with Crippen LogP contribution in [0.2, 0.25) is 5.02 Å². The molecular formula is C19H21ClN2O6S. The topological polar surface area (TPSA) is 103 Å². The zero-order chi connectivity index (χ0) is 21.7. The molecule has 2 aromatic carbocycles. The number of rotatable bonds is 6. The van der Waals surface area contributed by atoms with Gasteiger partial charge in [-0.1, -0.05) is 11.6 Å². The summed E-state index contributed by atoms with van der Waals surface area (Å²) in [6.07, 6.45) is 0.652. The molecule has 0 radical (unpaired) electrons. The summed E-state index contributed by atoms with van der Waals surface area (Å²) in [4.78, 5) is 11.5. The Bertz CT molecular complexity index is 998. The Kier molecular flexibility index (Phi) is 7.10. The Balaban J connectivity index is 2.13. The Morgan fingerprint density at radius 2 is 1.76 bits per heavy atom. The maximum Gasteiger partial charge on any atom is 0.428 e. The van der Waals surface area contributed by atoms with Gasteiger partial charge in [-0.05, 0) is 68.8 Å². The second kappa shape index (κ2) is 9.15. The van der Waals surface area contributed by atoms with Gasteiger partial charge in [-0.25, -0.2) is 10.2 Å². The number of hydrogen-bond donors (Lipinski definition) is 1. The number of hydrazone groups is 1. The monoisotopic (exact) mass is 440 g/mol. The number of benzene rings is 2. The van der Waals surface area contributed by atoms with E-state index in [-0.39, 0.29) is 16.4 Å². The van der Waals surface area contributed by atoms with Crippen molar-refractivity contribution in [1.29, 1.82) is 0 Å². The van der Waals surface area contributed by atoms with Gasteiger partial charge in [-0.15, -0.1) is 0 Å². The number of nitrogens with one attached hydrogen (secondary N) is 1. The van der Waals surface area contributed by atoms with E-state index in [0.717, 1.165) is 0 Å². The highest BCUT2D eigenvalue weighted by Crippen LogP contribution is 2.30. The summed E-state index contributed by atoms with van der Waals surface area (Å²) in [6.45, 7) is 5.20. The van der Waals surface area contributed by atoms with Gasteiger partial charge in [0, 0.05) is 5.02 Å². The lowest BCUT2D eigenvalue weighted by molar-refractivity contribution is 0.0529. The van der Waals surface area contributed by atoms with E-state index in [2.05, 4.69) is 10.5 Å². The highest BCUT2D eigenvalue weighted by Gasteiger charge is 2.19. The Hall–Kier alpha value is -2.78. The van der Waals surface area contributed by atoms with Crippen LogP contribution in [0.25, 0.3) is 0 Å². The molecule has 0 spiro atoms. The third-order valence-electron chi connectivity index (χ3n) is 3.26. The first-order valence-corrected chi connectivity index (χ1v) is 10.2. The molecule has 0 saturated carbocycles. The van der Waals surface area contributed by atoms with E-state index in [1.54, 1.807) is 26.8 Å². The standard InChI is InChI=1S/C19H21ClN2O6S/c1-19(2,3)27-18(23)22-21-12-13-5-10-16(17(11-13)26-4)28-29(24,25)15-8-6-14(20)7-9-15/h5-12H,1-4H3,(H,22,23)/b21-12+. The zero-order valence-corrected chi connectivity index (χ0v) is 17.9. The predicted molar refractivity (Wildman–Crippen MR) is 109 cm³/mol. The largest absolute Gasteiger partial charge is 0.493 e. The van der Waals surface area contributed by atoms with Crippen molar-refractivity contribution in [2.75, 3.05) is 7.11 Å². The normalized spacial score (nSPS) is 11.9. The summed E-state index contributed by atoms with van der Waals surface area (Å²) in [7, 11) is -2.69. The van der Waals surface area contributed by atoms with Crippen molar-refractivity contribution in [2.45, 2.75) is 31.3 Å². The van der Waals surface area contributed by atoms with Crippen molar-refractivity contribution in [1.82, 2.24) is 5.43 Å². The van der Waals surface area contributed by atoms with E-state index in [9.17, 15) is 13.2 Å². The molecule has 1 amide bonds. The summed E-state index contributed by atoms with van der Waals surface area (Å²) in [6, 6.07) is 10.1. The van der Waals surface area contributed by atoms with Crippen LogP contribution >= 0.6 is 11.6 Å². The van der Waals surface area contributed by atoms with Crippen molar-refractivity contribution < 1.29 is 26.9 Å². The van der Waals surface area contributed by atoms with Gasteiger partial charge in [0.25, 0.3) is 0 Å². The molecule has 0 heterocycles. The van der Waals surface area contributed by atoms with Crippen LogP contribution < -0.4 is 14.3 Å². The van der Waals surface area contributed by atoms with Crippen LogP contribution in [0.3, 0.4) is 0 Å². The highest BCUT2D eigenvalue weighted by molar-refractivity contribution is 7.87. The number of methoxy groups -OCH3 is 1. The molecule has 0 bridgehead atoms. The molecule has 0 aromatic heterocycles. The predicted octanol–water partition coefficient (Wildman–Crippen LogP) is 3.97. The first-order chi connectivity index (χ1) is 13.5. The molecule has 156 valence electrons. The Morgan fingerprint density at radius 3 is 2.34 bits per heavy atom. The van der Waals surface area contributed by atoms with Gasteiger partial charge in [-0.3, -0.25) is 0 Å². The Labute approximate surface area is 174 Å². The van der Waals surface area contributed by atoms with Crippen LogP contribution in [0.4, 0.5) is 4.79 Å². The van der Waals surface area contributed by atoms with Crippen molar-refractivity contribution in [3.8, 4) is 11.5 Å². The van der Waals surface area contributed by atoms with Crippen molar-refractivity contribution in [3.05, 3.63) is 53.1 Å². The fourth-order valence-corrected chi connectivity index (χ4v) is 3.13. The molecule has 0 aliphatic carbocycles. The molecule has 1 N–H and O–H groups in total. The first-order valence-electron chi connectivity index (χ1n) is 8.40. The number of carbonyl (C=O) groups is 1. The summed E-state index contributed by atoms with van der Waals surface area (Å²) in [5.41, 5.74) is 2.13. The molecule has 0 unspecified atom stereocenters. The molecule has 0 aliphatic rings. The lowest BCUT2D eigenvalue weighted by atomic mass is 10.2. The Morgan fingerprint density at radius 1 is 1.10 bits per heavy atom. The van der Waals surface area contributed by atoms with E-state index in [0.29, 0.717) is 10.6 Å². The number of carbonyl (C=O) groups excluding carboxylic acids is 1. The van der Waals surface area contributed by atoms with Crippen molar-refractivity contribution >= 4 is 34.0 Å². The number of amides is 1. The molecule has 29 heavy (non-hydrogen) atoms. The molecule has 0 saturated heterocycles. The van der Waals surface area contributed by atoms with E-state index >= 15 is 0 Å². The van der Waals surface area contributed by atoms with Gasteiger partial charge in [0.15, 0.2) is 11.5 Å². The fourth-order valence-electron chi connectivity index (χ4n) is 2.06. The molecule has 2 aromatic rings. The molecule has 10 heteroatoms. The quantitative estimate of drug-likeness (QED) is 0.414. The summed E-state index contributed by atoms with van der Waals surface area (Å²) in [5.74, 6) is 0.170. The average Bonchev–Trinajstić information content (AvgIpc) is 2.61. The zero-order valence-electron chi connectivity index (χ0n) is 16.3. The summed E-state index contributed by atoms with van der Waals surface area (Å²) < 4.78 is 40.3.